The molecule has 0 saturated carbocycles. The topological polar surface area (TPSA) is 76.1 Å². The molecule has 1 aromatic carbocycles. The van der Waals surface area contributed by atoms with Crippen molar-refractivity contribution in [1.29, 1.82) is 0 Å². The Labute approximate surface area is 158 Å². The largest absolute Gasteiger partial charge is 0.497 e. The number of carbonyl (C=O) groups is 1. The summed E-state index contributed by atoms with van der Waals surface area (Å²) in [5, 5.41) is 6.18. The first-order valence-corrected chi connectivity index (χ1v) is 8.73. The molecule has 2 heterocycles. The van der Waals surface area contributed by atoms with Crippen LogP contribution in [0.1, 0.15) is 21.5 Å². The molecule has 1 amide bonds. The van der Waals surface area contributed by atoms with Gasteiger partial charge in [0.05, 0.1) is 18.4 Å². The number of nitrogens with zero attached hydrogens (tertiary/aromatic N) is 2. The van der Waals surface area contributed by atoms with Crippen molar-refractivity contribution in [2.45, 2.75) is 13.0 Å². The molecule has 0 aliphatic heterocycles. The quantitative estimate of drug-likeness (QED) is 0.644. The van der Waals surface area contributed by atoms with Crippen LogP contribution >= 0.6 is 0 Å². The lowest BCUT2D eigenvalue weighted by molar-refractivity contribution is 0.0954. The number of ether oxygens (including phenoxy) is 1. The molecule has 6 heteroatoms. The molecule has 0 atom stereocenters. The molecule has 2 N–H and O–H groups in total. The molecular formula is C21H22N4O2. The highest BCUT2D eigenvalue weighted by molar-refractivity contribution is 5.94. The fourth-order valence-corrected chi connectivity index (χ4v) is 2.62. The minimum Gasteiger partial charge on any atom is -0.497 e. The predicted molar refractivity (Wildman–Crippen MR) is 105 cm³/mol. The second kappa shape index (κ2) is 9.33. The molecule has 3 rings (SSSR count). The van der Waals surface area contributed by atoms with Crippen LogP contribution in [0.15, 0.2) is 67.3 Å². The Hall–Kier alpha value is -3.41. The molecule has 0 radical (unpaired) electrons. The Balaban J connectivity index is 1.52. The Kier molecular flexibility index (Phi) is 6.35. The summed E-state index contributed by atoms with van der Waals surface area (Å²) in [7, 11) is 1.64. The van der Waals surface area contributed by atoms with E-state index in [0.29, 0.717) is 18.7 Å². The maximum Gasteiger partial charge on any atom is 0.252 e. The number of rotatable bonds is 8. The number of hydrogen-bond donors (Lipinski definition) is 2. The molecule has 6 nitrogen and oxygen atoms in total. The number of hydrogen-bond acceptors (Lipinski definition) is 5. The Morgan fingerprint density at radius 2 is 1.93 bits per heavy atom. The van der Waals surface area contributed by atoms with Gasteiger partial charge in [0, 0.05) is 37.9 Å². The highest BCUT2D eigenvalue weighted by Gasteiger charge is 2.07. The fraction of sp³-hybridized carbons (Fsp3) is 0.190. The minimum atomic E-state index is -0.143. The monoisotopic (exact) mass is 362 g/mol. The van der Waals surface area contributed by atoms with Crippen LogP contribution in [0.3, 0.4) is 0 Å². The average Bonchev–Trinajstić information content (AvgIpc) is 2.73. The summed E-state index contributed by atoms with van der Waals surface area (Å²) in [6.07, 6.45) is 7.53. The van der Waals surface area contributed by atoms with Crippen LogP contribution in [0.4, 0.5) is 5.69 Å². The molecular weight excluding hydrogens is 340 g/mol. The molecule has 138 valence electrons. The third kappa shape index (κ3) is 5.54. The van der Waals surface area contributed by atoms with Crippen molar-refractivity contribution in [3.05, 3.63) is 83.9 Å². The number of aromatic nitrogens is 2. The Morgan fingerprint density at radius 1 is 1.04 bits per heavy atom. The van der Waals surface area contributed by atoms with Gasteiger partial charge in [-0.1, -0.05) is 18.2 Å². The molecule has 0 aliphatic rings. The molecule has 0 unspecified atom stereocenters. The third-order valence-corrected chi connectivity index (χ3v) is 4.05. The van der Waals surface area contributed by atoms with Crippen molar-refractivity contribution >= 4 is 11.6 Å². The van der Waals surface area contributed by atoms with Gasteiger partial charge in [-0.3, -0.25) is 14.8 Å². The number of benzene rings is 1. The second-order valence-electron chi connectivity index (χ2n) is 6.03. The van der Waals surface area contributed by atoms with Gasteiger partial charge in [-0.15, -0.1) is 0 Å². The molecule has 0 fully saturated rings. The summed E-state index contributed by atoms with van der Waals surface area (Å²) < 4.78 is 5.21. The van der Waals surface area contributed by atoms with Gasteiger partial charge in [0.15, 0.2) is 0 Å². The molecule has 0 bridgehead atoms. The van der Waals surface area contributed by atoms with Gasteiger partial charge in [0.2, 0.25) is 0 Å². The number of carbonyl (C=O) groups excluding carboxylic acids is 1. The van der Waals surface area contributed by atoms with Crippen LogP contribution in [0.25, 0.3) is 0 Å². The summed E-state index contributed by atoms with van der Waals surface area (Å²) in [6.45, 7) is 1.16. The first-order chi connectivity index (χ1) is 13.2. The van der Waals surface area contributed by atoms with Crippen LogP contribution in [0.5, 0.6) is 5.75 Å². The maximum atomic E-state index is 12.4. The molecule has 0 aliphatic carbocycles. The Bertz CT molecular complexity index is 884. The third-order valence-electron chi connectivity index (χ3n) is 4.05. The van der Waals surface area contributed by atoms with Gasteiger partial charge < -0.3 is 15.4 Å². The molecule has 3 aromatic rings. The number of methoxy groups -OCH3 is 1. The van der Waals surface area contributed by atoms with Crippen molar-refractivity contribution in [3.8, 4) is 5.75 Å². The summed E-state index contributed by atoms with van der Waals surface area (Å²) in [6, 6.07) is 13.5. The van der Waals surface area contributed by atoms with Crippen LogP contribution in [0, 0.1) is 0 Å². The van der Waals surface area contributed by atoms with Gasteiger partial charge >= 0.3 is 0 Å². The lowest BCUT2D eigenvalue weighted by Crippen LogP contribution is -2.25. The molecule has 0 saturated heterocycles. The van der Waals surface area contributed by atoms with Gasteiger partial charge in [0.25, 0.3) is 5.91 Å². The van der Waals surface area contributed by atoms with Crippen LogP contribution in [-0.4, -0.2) is 29.5 Å². The number of amides is 1. The van der Waals surface area contributed by atoms with E-state index < -0.39 is 0 Å². The lowest BCUT2D eigenvalue weighted by Gasteiger charge is -2.09. The number of pyridine rings is 2. The van der Waals surface area contributed by atoms with Crippen molar-refractivity contribution in [1.82, 2.24) is 15.3 Å². The van der Waals surface area contributed by atoms with E-state index in [1.165, 1.54) is 0 Å². The number of nitrogens with one attached hydrogen (secondary N) is 2. The van der Waals surface area contributed by atoms with E-state index in [9.17, 15) is 4.79 Å². The van der Waals surface area contributed by atoms with Gasteiger partial charge in [-0.2, -0.15) is 0 Å². The molecule has 27 heavy (non-hydrogen) atoms. The molecule has 0 spiro atoms. The minimum absolute atomic E-state index is 0.143. The van der Waals surface area contributed by atoms with Crippen molar-refractivity contribution in [2.24, 2.45) is 0 Å². The average molecular weight is 362 g/mol. The van der Waals surface area contributed by atoms with E-state index in [-0.39, 0.29) is 5.91 Å². The summed E-state index contributed by atoms with van der Waals surface area (Å²) in [5.41, 5.74) is 3.49. The van der Waals surface area contributed by atoms with E-state index >= 15 is 0 Å². The van der Waals surface area contributed by atoms with Crippen molar-refractivity contribution < 1.29 is 9.53 Å². The highest BCUT2D eigenvalue weighted by Crippen LogP contribution is 2.13. The zero-order chi connectivity index (χ0) is 18.9. The zero-order valence-electron chi connectivity index (χ0n) is 15.2. The van der Waals surface area contributed by atoms with Crippen molar-refractivity contribution in [2.75, 3.05) is 19.0 Å². The van der Waals surface area contributed by atoms with Gasteiger partial charge in [-0.05, 0) is 41.8 Å². The van der Waals surface area contributed by atoms with Gasteiger partial charge in [0.1, 0.15) is 5.75 Å². The highest BCUT2D eigenvalue weighted by atomic mass is 16.5. The smallest absolute Gasteiger partial charge is 0.252 e. The van der Waals surface area contributed by atoms with Gasteiger partial charge in [-0.25, -0.2) is 0 Å². The van der Waals surface area contributed by atoms with E-state index in [4.69, 9.17) is 4.74 Å². The van der Waals surface area contributed by atoms with E-state index in [1.54, 1.807) is 38.0 Å². The summed E-state index contributed by atoms with van der Waals surface area (Å²) in [5.74, 6) is 0.672. The molecule has 2 aromatic heterocycles. The maximum absolute atomic E-state index is 12.4. The Morgan fingerprint density at radius 3 is 2.74 bits per heavy atom. The van der Waals surface area contributed by atoms with Crippen LogP contribution < -0.4 is 15.4 Å². The normalized spacial score (nSPS) is 10.3. The van der Waals surface area contributed by atoms with Crippen LogP contribution in [0.2, 0.25) is 0 Å². The second-order valence-corrected chi connectivity index (χ2v) is 6.03. The van der Waals surface area contributed by atoms with E-state index in [0.717, 1.165) is 29.0 Å². The first-order valence-electron chi connectivity index (χ1n) is 8.73. The first kappa shape index (κ1) is 18.4. The van der Waals surface area contributed by atoms with E-state index in [1.807, 2.05) is 36.4 Å². The lowest BCUT2D eigenvalue weighted by atomic mass is 10.1. The standard InChI is InChI=1S/C21H22N4O2/c1-27-20-6-2-4-16(10-20)7-9-24-21(26)18-11-19(15-23-14-18)25-13-17-5-3-8-22-12-17/h2-6,8,10-12,14-15,25H,7,9,13H2,1H3,(H,24,26). The number of anilines is 1. The van der Waals surface area contributed by atoms with Crippen molar-refractivity contribution in [3.63, 3.8) is 0 Å². The SMILES string of the molecule is COc1cccc(CCNC(=O)c2cncc(NCc3cccnc3)c2)c1. The fourth-order valence-electron chi connectivity index (χ4n) is 2.62. The zero-order valence-corrected chi connectivity index (χ0v) is 15.2. The summed E-state index contributed by atoms with van der Waals surface area (Å²) in [4.78, 5) is 20.6. The summed E-state index contributed by atoms with van der Waals surface area (Å²) >= 11 is 0. The van der Waals surface area contributed by atoms with E-state index in [2.05, 4.69) is 20.6 Å². The van der Waals surface area contributed by atoms with Crippen LogP contribution in [-0.2, 0) is 13.0 Å². The predicted octanol–water partition coefficient (Wildman–Crippen LogP) is 3.07.